The van der Waals surface area contributed by atoms with E-state index in [9.17, 15) is 4.79 Å². The van der Waals surface area contributed by atoms with Crippen molar-refractivity contribution in [2.24, 2.45) is 0 Å². The van der Waals surface area contributed by atoms with Gasteiger partial charge in [0.15, 0.2) is 4.34 Å². The molecule has 1 aromatic heterocycles. The second-order valence-corrected chi connectivity index (χ2v) is 8.36. The molecule has 0 spiro atoms. The minimum absolute atomic E-state index is 0.174. The summed E-state index contributed by atoms with van der Waals surface area (Å²) in [5.74, 6) is 0.653. The molecule has 0 saturated heterocycles. The summed E-state index contributed by atoms with van der Waals surface area (Å²) in [6.45, 7) is 2.08. The molecule has 0 saturated carbocycles. The molecule has 1 N–H and O–H groups in total. The summed E-state index contributed by atoms with van der Waals surface area (Å²) in [6, 6.07) is 22.1. The average Bonchev–Trinajstić information content (AvgIpc) is 3.14. The lowest BCUT2D eigenvalue weighted by atomic mass is 10.1. The van der Waals surface area contributed by atoms with Gasteiger partial charge in [0, 0.05) is 11.3 Å². The number of aryl methyl sites for hydroxylation is 1. The first-order chi connectivity index (χ1) is 13.2. The van der Waals surface area contributed by atoms with Crippen molar-refractivity contribution in [3.8, 4) is 0 Å². The van der Waals surface area contributed by atoms with Crippen LogP contribution in [0.3, 0.4) is 0 Å². The number of aromatic nitrogens is 2. The van der Waals surface area contributed by atoms with Crippen LogP contribution >= 0.6 is 23.1 Å². The summed E-state index contributed by atoms with van der Waals surface area (Å²) in [5.41, 5.74) is 3.10. The Hall–Kier alpha value is -2.70. The highest BCUT2D eigenvalue weighted by molar-refractivity contribution is 8.00. The predicted octanol–water partition coefficient (Wildman–Crippen LogP) is 5.54. The van der Waals surface area contributed by atoms with Crippen LogP contribution in [0, 0.1) is 6.92 Å². The highest BCUT2D eigenvalue weighted by atomic mass is 32.2. The Balaban J connectivity index is 1.40. The Kier molecular flexibility index (Phi) is 5.18. The van der Waals surface area contributed by atoms with Crippen molar-refractivity contribution in [3.05, 3.63) is 83.4 Å². The summed E-state index contributed by atoms with van der Waals surface area (Å²) in [7, 11) is 0. The Morgan fingerprint density at radius 2 is 1.78 bits per heavy atom. The van der Waals surface area contributed by atoms with E-state index in [0.717, 1.165) is 20.9 Å². The van der Waals surface area contributed by atoms with E-state index in [1.165, 1.54) is 22.5 Å². The monoisotopic (exact) mass is 391 g/mol. The molecule has 0 bridgehead atoms. The van der Waals surface area contributed by atoms with Crippen LogP contribution in [-0.2, 0) is 5.75 Å². The summed E-state index contributed by atoms with van der Waals surface area (Å²) >= 11 is 3.01. The number of thioether (sulfide) groups is 1. The topological polar surface area (TPSA) is 54.9 Å². The van der Waals surface area contributed by atoms with Crippen LogP contribution in [0.25, 0.3) is 10.8 Å². The van der Waals surface area contributed by atoms with E-state index in [2.05, 4.69) is 46.7 Å². The van der Waals surface area contributed by atoms with Gasteiger partial charge < -0.3 is 0 Å². The molecule has 4 aromatic rings. The quantitative estimate of drug-likeness (QED) is 0.358. The Labute approximate surface area is 165 Å². The van der Waals surface area contributed by atoms with Crippen LogP contribution in [0.5, 0.6) is 0 Å². The molecule has 0 aliphatic carbocycles. The van der Waals surface area contributed by atoms with Crippen molar-refractivity contribution >= 4 is 44.9 Å². The fourth-order valence-electron chi connectivity index (χ4n) is 2.65. The van der Waals surface area contributed by atoms with Gasteiger partial charge in [-0.1, -0.05) is 83.3 Å². The number of hydrogen-bond donors (Lipinski definition) is 1. The molecular formula is C21H17N3OS2. The van der Waals surface area contributed by atoms with Gasteiger partial charge in [-0.15, -0.1) is 10.2 Å². The maximum Gasteiger partial charge on any atom is 0.257 e. The Morgan fingerprint density at radius 1 is 1.00 bits per heavy atom. The van der Waals surface area contributed by atoms with Crippen molar-refractivity contribution in [1.82, 2.24) is 10.2 Å². The van der Waals surface area contributed by atoms with Crippen LogP contribution in [0.2, 0.25) is 0 Å². The fourth-order valence-corrected chi connectivity index (χ4v) is 4.35. The number of amides is 1. The van der Waals surface area contributed by atoms with Gasteiger partial charge in [0.05, 0.1) is 0 Å². The van der Waals surface area contributed by atoms with Gasteiger partial charge in [-0.25, -0.2) is 0 Å². The summed E-state index contributed by atoms with van der Waals surface area (Å²) in [6.07, 6.45) is 0. The number of nitrogens with zero attached hydrogens (tertiary/aromatic N) is 2. The molecular weight excluding hydrogens is 374 g/mol. The van der Waals surface area contributed by atoms with Crippen LogP contribution < -0.4 is 5.32 Å². The van der Waals surface area contributed by atoms with Gasteiger partial charge in [0.25, 0.3) is 5.91 Å². The number of carbonyl (C=O) groups excluding carboxylic acids is 1. The second kappa shape index (κ2) is 7.90. The lowest BCUT2D eigenvalue weighted by Gasteiger charge is -2.03. The first-order valence-electron chi connectivity index (χ1n) is 8.49. The van der Waals surface area contributed by atoms with Gasteiger partial charge in [-0.05, 0) is 35.4 Å². The molecule has 0 unspecified atom stereocenters. The van der Waals surface area contributed by atoms with E-state index in [1.807, 2.05) is 42.5 Å². The first-order valence-corrected chi connectivity index (χ1v) is 10.3. The number of benzene rings is 3. The van der Waals surface area contributed by atoms with Gasteiger partial charge in [-0.3, -0.25) is 10.1 Å². The van der Waals surface area contributed by atoms with Gasteiger partial charge in [0.1, 0.15) is 0 Å². The zero-order valence-electron chi connectivity index (χ0n) is 14.7. The van der Waals surface area contributed by atoms with E-state index >= 15 is 0 Å². The molecule has 27 heavy (non-hydrogen) atoms. The average molecular weight is 392 g/mol. The molecule has 0 aliphatic heterocycles. The maximum absolute atomic E-state index is 12.5. The zero-order valence-corrected chi connectivity index (χ0v) is 16.3. The van der Waals surface area contributed by atoms with E-state index in [1.54, 1.807) is 11.8 Å². The molecule has 134 valence electrons. The highest BCUT2D eigenvalue weighted by Gasteiger charge is 2.11. The normalized spacial score (nSPS) is 10.9. The molecule has 0 radical (unpaired) electrons. The van der Waals surface area contributed by atoms with Crippen LogP contribution in [-0.4, -0.2) is 16.1 Å². The van der Waals surface area contributed by atoms with Crippen molar-refractivity contribution in [1.29, 1.82) is 0 Å². The minimum atomic E-state index is -0.174. The number of carbonyl (C=O) groups is 1. The third-order valence-electron chi connectivity index (χ3n) is 4.12. The Morgan fingerprint density at radius 3 is 2.59 bits per heavy atom. The van der Waals surface area contributed by atoms with E-state index in [4.69, 9.17) is 0 Å². The van der Waals surface area contributed by atoms with Gasteiger partial charge >= 0.3 is 0 Å². The minimum Gasteiger partial charge on any atom is -0.296 e. The number of rotatable bonds is 5. The van der Waals surface area contributed by atoms with Crippen LogP contribution in [0.4, 0.5) is 5.13 Å². The van der Waals surface area contributed by atoms with Crippen molar-refractivity contribution in [2.75, 3.05) is 5.32 Å². The Bertz CT molecular complexity index is 1090. The number of hydrogen-bond acceptors (Lipinski definition) is 5. The highest BCUT2D eigenvalue weighted by Crippen LogP contribution is 2.28. The van der Waals surface area contributed by atoms with E-state index in [-0.39, 0.29) is 5.91 Å². The van der Waals surface area contributed by atoms with Crippen molar-refractivity contribution in [3.63, 3.8) is 0 Å². The maximum atomic E-state index is 12.5. The molecule has 0 fully saturated rings. The number of fused-ring (bicyclic) bond motifs is 1. The third kappa shape index (κ3) is 4.35. The number of anilines is 1. The summed E-state index contributed by atoms with van der Waals surface area (Å²) in [4.78, 5) is 12.5. The fraction of sp³-hybridized carbons (Fsp3) is 0.0952. The molecule has 3 aromatic carbocycles. The van der Waals surface area contributed by atoms with Crippen molar-refractivity contribution in [2.45, 2.75) is 17.0 Å². The van der Waals surface area contributed by atoms with Crippen LogP contribution in [0.1, 0.15) is 21.5 Å². The largest absolute Gasteiger partial charge is 0.296 e. The first kappa shape index (κ1) is 17.7. The molecule has 6 heteroatoms. The summed E-state index contributed by atoms with van der Waals surface area (Å²) < 4.78 is 0.837. The second-order valence-electron chi connectivity index (χ2n) is 6.16. The molecule has 4 rings (SSSR count). The molecule has 0 atom stereocenters. The molecule has 1 amide bonds. The third-order valence-corrected chi connectivity index (χ3v) is 6.16. The van der Waals surface area contributed by atoms with Crippen molar-refractivity contribution < 1.29 is 4.79 Å². The van der Waals surface area contributed by atoms with E-state index < -0.39 is 0 Å². The summed E-state index contributed by atoms with van der Waals surface area (Å²) in [5, 5.41) is 13.8. The predicted molar refractivity (Wildman–Crippen MR) is 113 cm³/mol. The zero-order chi connectivity index (χ0) is 18.6. The standard InChI is InChI=1S/C21H17N3OS2/c1-14-6-8-15(9-7-14)13-26-21-24-23-20(27-21)22-19(25)18-11-10-16-4-2-3-5-17(16)12-18/h2-12H,13H2,1H3,(H,22,23,25). The molecule has 1 heterocycles. The number of nitrogens with one attached hydrogen (secondary N) is 1. The van der Waals surface area contributed by atoms with Gasteiger partial charge in [0.2, 0.25) is 5.13 Å². The van der Waals surface area contributed by atoms with E-state index in [0.29, 0.717) is 10.7 Å². The SMILES string of the molecule is Cc1ccc(CSc2nnc(NC(=O)c3ccc4ccccc4c3)s2)cc1. The van der Waals surface area contributed by atoms with Crippen LogP contribution in [0.15, 0.2) is 71.1 Å². The molecule has 0 aliphatic rings. The lowest BCUT2D eigenvalue weighted by molar-refractivity contribution is 0.102. The molecule has 4 nitrogen and oxygen atoms in total. The smallest absolute Gasteiger partial charge is 0.257 e. The van der Waals surface area contributed by atoms with Gasteiger partial charge in [-0.2, -0.15) is 0 Å². The lowest BCUT2D eigenvalue weighted by Crippen LogP contribution is -2.11.